The molecule has 1 heterocycles. The summed E-state index contributed by atoms with van der Waals surface area (Å²) in [6.07, 6.45) is 2.61. The Bertz CT molecular complexity index is 459. The molecule has 1 saturated heterocycles. The molecule has 2 rings (SSSR count). The second kappa shape index (κ2) is 9.53. The van der Waals surface area contributed by atoms with Gasteiger partial charge in [-0.05, 0) is 38.3 Å². The van der Waals surface area contributed by atoms with E-state index in [-0.39, 0.29) is 12.0 Å². The van der Waals surface area contributed by atoms with Gasteiger partial charge in [0.05, 0.1) is 19.3 Å². The molecular weight excluding hydrogens is 294 g/mol. The summed E-state index contributed by atoms with van der Waals surface area (Å²) in [5, 5.41) is 0. The number of benzene rings is 1. The van der Waals surface area contributed by atoms with Crippen molar-refractivity contribution < 1.29 is 19.0 Å². The highest BCUT2D eigenvalue weighted by molar-refractivity contribution is 5.80. The van der Waals surface area contributed by atoms with Crippen molar-refractivity contribution in [1.29, 1.82) is 0 Å². The fourth-order valence-electron chi connectivity index (χ4n) is 2.53. The van der Waals surface area contributed by atoms with Gasteiger partial charge >= 0.3 is 0 Å². The van der Waals surface area contributed by atoms with Crippen LogP contribution in [0, 0.1) is 0 Å². The van der Waals surface area contributed by atoms with Gasteiger partial charge in [-0.25, -0.2) is 0 Å². The van der Waals surface area contributed by atoms with Crippen LogP contribution >= 0.6 is 0 Å². The van der Waals surface area contributed by atoms with Crippen LogP contribution in [0.4, 0.5) is 0 Å². The van der Waals surface area contributed by atoms with Crippen molar-refractivity contribution in [3.63, 3.8) is 0 Å². The molecule has 0 aliphatic carbocycles. The average molecular weight is 321 g/mol. The minimum atomic E-state index is -0.431. The van der Waals surface area contributed by atoms with E-state index >= 15 is 0 Å². The van der Waals surface area contributed by atoms with Crippen molar-refractivity contribution in [2.24, 2.45) is 0 Å². The van der Waals surface area contributed by atoms with Gasteiger partial charge in [-0.15, -0.1) is 0 Å². The van der Waals surface area contributed by atoms with Gasteiger partial charge in [-0.1, -0.05) is 18.2 Å². The average Bonchev–Trinajstić information content (AvgIpc) is 3.10. The van der Waals surface area contributed by atoms with Crippen molar-refractivity contribution >= 4 is 5.91 Å². The second-order valence-corrected chi connectivity index (χ2v) is 5.89. The zero-order valence-electron chi connectivity index (χ0n) is 14.1. The lowest BCUT2D eigenvalue weighted by Gasteiger charge is -2.22. The second-order valence-electron chi connectivity index (χ2n) is 5.89. The summed E-state index contributed by atoms with van der Waals surface area (Å²) in [7, 11) is 1.80. The molecule has 0 unspecified atom stereocenters. The smallest absolute Gasteiger partial charge is 0.251 e. The fourth-order valence-corrected chi connectivity index (χ4v) is 2.53. The van der Waals surface area contributed by atoms with E-state index in [1.54, 1.807) is 18.9 Å². The first-order valence-corrected chi connectivity index (χ1v) is 8.33. The first-order chi connectivity index (χ1) is 11.2. The largest absolute Gasteiger partial charge is 0.494 e. The third-order valence-corrected chi connectivity index (χ3v) is 3.93. The van der Waals surface area contributed by atoms with Crippen LogP contribution in [0.15, 0.2) is 30.3 Å². The van der Waals surface area contributed by atoms with E-state index in [1.807, 2.05) is 30.3 Å². The highest BCUT2D eigenvalue weighted by atomic mass is 16.5. The van der Waals surface area contributed by atoms with Gasteiger partial charge in [0.1, 0.15) is 11.9 Å². The molecule has 5 nitrogen and oxygen atoms in total. The lowest BCUT2D eigenvalue weighted by Crippen LogP contribution is -2.38. The maximum atomic E-state index is 12.2. The molecule has 1 fully saturated rings. The quantitative estimate of drug-likeness (QED) is 0.656. The third-order valence-electron chi connectivity index (χ3n) is 3.93. The van der Waals surface area contributed by atoms with Crippen LogP contribution in [-0.2, 0) is 14.3 Å². The van der Waals surface area contributed by atoms with E-state index in [1.165, 1.54) is 0 Å². The van der Waals surface area contributed by atoms with E-state index in [4.69, 9.17) is 14.2 Å². The Morgan fingerprint density at radius 2 is 2.17 bits per heavy atom. The Kier molecular flexibility index (Phi) is 7.36. The number of amides is 1. The summed E-state index contributed by atoms with van der Waals surface area (Å²) in [6, 6.07) is 9.69. The first kappa shape index (κ1) is 17.8. The number of ether oxygens (including phenoxy) is 3. The standard InChI is InChI=1S/C18H27NO4/c1-15(23-14-17-10-6-12-22-17)18(20)19(2)11-7-13-21-16-8-4-3-5-9-16/h3-5,8-9,15,17H,6-7,10-14H2,1-2H3/t15-,17+/m0/s1. The summed E-state index contributed by atoms with van der Waals surface area (Å²) < 4.78 is 16.8. The van der Waals surface area contributed by atoms with E-state index in [2.05, 4.69) is 0 Å². The first-order valence-electron chi connectivity index (χ1n) is 8.33. The number of hydrogen-bond donors (Lipinski definition) is 0. The van der Waals surface area contributed by atoms with Gasteiger partial charge in [-0.2, -0.15) is 0 Å². The Hall–Kier alpha value is -1.59. The van der Waals surface area contributed by atoms with Gasteiger partial charge in [-0.3, -0.25) is 4.79 Å². The molecule has 1 aliphatic heterocycles. The normalized spacial score (nSPS) is 18.6. The maximum absolute atomic E-state index is 12.2. The number of carbonyl (C=O) groups is 1. The van der Waals surface area contributed by atoms with E-state index in [0.717, 1.165) is 31.6 Å². The number of nitrogens with zero attached hydrogens (tertiary/aromatic N) is 1. The Morgan fingerprint density at radius 3 is 2.87 bits per heavy atom. The molecule has 1 aliphatic rings. The minimum Gasteiger partial charge on any atom is -0.494 e. The van der Waals surface area contributed by atoms with Crippen molar-refractivity contribution in [2.45, 2.75) is 38.4 Å². The number of hydrogen-bond acceptors (Lipinski definition) is 4. The predicted molar refractivity (Wildman–Crippen MR) is 88.6 cm³/mol. The summed E-state index contributed by atoms with van der Waals surface area (Å²) >= 11 is 0. The van der Waals surface area contributed by atoms with Crippen LogP contribution in [-0.4, -0.2) is 56.4 Å². The highest BCUT2D eigenvalue weighted by Crippen LogP contribution is 2.13. The summed E-state index contributed by atoms with van der Waals surface area (Å²) in [4.78, 5) is 13.9. The molecule has 5 heteroatoms. The third kappa shape index (κ3) is 6.20. The van der Waals surface area contributed by atoms with Crippen LogP contribution in [0.1, 0.15) is 26.2 Å². The fraction of sp³-hybridized carbons (Fsp3) is 0.611. The number of carbonyl (C=O) groups excluding carboxylic acids is 1. The molecule has 1 aromatic rings. The Labute approximate surface area is 138 Å². The van der Waals surface area contributed by atoms with E-state index < -0.39 is 6.10 Å². The van der Waals surface area contributed by atoms with Crippen molar-refractivity contribution in [3.8, 4) is 5.75 Å². The summed E-state index contributed by atoms with van der Waals surface area (Å²) in [5.41, 5.74) is 0. The lowest BCUT2D eigenvalue weighted by atomic mass is 10.2. The van der Waals surface area contributed by atoms with E-state index in [0.29, 0.717) is 19.8 Å². The minimum absolute atomic E-state index is 0.00251. The van der Waals surface area contributed by atoms with Gasteiger partial charge in [0.25, 0.3) is 5.91 Å². The Balaban J connectivity index is 1.59. The van der Waals surface area contributed by atoms with Crippen LogP contribution in [0.2, 0.25) is 0 Å². The molecule has 0 radical (unpaired) electrons. The van der Waals surface area contributed by atoms with Crippen molar-refractivity contribution in [2.75, 3.05) is 33.4 Å². The summed E-state index contributed by atoms with van der Waals surface area (Å²) in [6.45, 7) is 4.34. The lowest BCUT2D eigenvalue weighted by molar-refractivity contribution is -0.143. The number of para-hydroxylation sites is 1. The molecule has 0 bridgehead atoms. The van der Waals surface area contributed by atoms with Gasteiger partial charge in [0.15, 0.2) is 0 Å². The molecule has 0 spiro atoms. The molecule has 0 N–H and O–H groups in total. The Morgan fingerprint density at radius 1 is 1.39 bits per heavy atom. The van der Waals surface area contributed by atoms with Gasteiger partial charge < -0.3 is 19.1 Å². The SMILES string of the molecule is C[C@H](OC[C@H]1CCCO1)C(=O)N(C)CCCOc1ccccc1. The van der Waals surface area contributed by atoms with Crippen LogP contribution in [0.5, 0.6) is 5.75 Å². The zero-order chi connectivity index (χ0) is 16.5. The van der Waals surface area contributed by atoms with Crippen molar-refractivity contribution in [3.05, 3.63) is 30.3 Å². The molecule has 23 heavy (non-hydrogen) atoms. The molecule has 2 atom stereocenters. The van der Waals surface area contributed by atoms with Crippen molar-refractivity contribution in [1.82, 2.24) is 4.90 Å². The predicted octanol–water partition coefficient (Wildman–Crippen LogP) is 2.50. The molecule has 0 saturated carbocycles. The van der Waals surface area contributed by atoms with Crippen LogP contribution in [0.3, 0.4) is 0 Å². The van der Waals surface area contributed by atoms with Gasteiger partial charge in [0, 0.05) is 20.2 Å². The number of rotatable bonds is 9. The molecule has 1 amide bonds. The van der Waals surface area contributed by atoms with Crippen LogP contribution < -0.4 is 4.74 Å². The topological polar surface area (TPSA) is 48.0 Å². The molecule has 1 aromatic carbocycles. The molecular formula is C18H27NO4. The van der Waals surface area contributed by atoms with Gasteiger partial charge in [0.2, 0.25) is 0 Å². The highest BCUT2D eigenvalue weighted by Gasteiger charge is 2.21. The zero-order valence-corrected chi connectivity index (χ0v) is 14.1. The summed E-state index contributed by atoms with van der Waals surface area (Å²) in [5.74, 6) is 0.859. The molecule has 128 valence electrons. The van der Waals surface area contributed by atoms with E-state index in [9.17, 15) is 4.79 Å². The monoisotopic (exact) mass is 321 g/mol. The maximum Gasteiger partial charge on any atom is 0.251 e. The molecule has 0 aromatic heterocycles. The van der Waals surface area contributed by atoms with Crippen LogP contribution in [0.25, 0.3) is 0 Å². The number of likely N-dealkylation sites (N-methyl/N-ethyl adjacent to an activating group) is 1.